The van der Waals surface area contributed by atoms with Gasteiger partial charge in [0.15, 0.2) is 11.0 Å². The van der Waals surface area contributed by atoms with Crippen molar-refractivity contribution in [3.05, 3.63) is 133 Å². The highest BCUT2D eigenvalue weighted by atomic mass is 16.5. The van der Waals surface area contributed by atoms with E-state index in [0.29, 0.717) is 0 Å². The van der Waals surface area contributed by atoms with Crippen LogP contribution in [-0.2, 0) is 12.5 Å². The van der Waals surface area contributed by atoms with Crippen molar-refractivity contribution in [2.45, 2.75) is 26.2 Å². The van der Waals surface area contributed by atoms with Crippen LogP contribution in [0.5, 0.6) is 11.5 Å². The van der Waals surface area contributed by atoms with Gasteiger partial charge in [-0.25, -0.2) is 9.55 Å². The molecule has 0 saturated carbocycles. The Morgan fingerprint density at radius 2 is 1.40 bits per heavy atom. The topological polar surface area (TPSA) is 49.0 Å². The first-order chi connectivity index (χ1) is 22.8. The smallest absolute Gasteiger partial charge is 0.249 e. The third-order valence-electron chi connectivity index (χ3n) is 9.20. The van der Waals surface area contributed by atoms with Gasteiger partial charge in [0.05, 0.1) is 18.1 Å². The minimum absolute atomic E-state index is 0.0728. The van der Waals surface area contributed by atoms with Gasteiger partial charge in [0.1, 0.15) is 34.2 Å². The van der Waals surface area contributed by atoms with Crippen molar-refractivity contribution in [1.82, 2.24) is 14.1 Å². The molecule has 0 saturated heterocycles. The van der Waals surface area contributed by atoms with Gasteiger partial charge >= 0.3 is 0 Å². The first kappa shape index (κ1) is 27.4. The summed E-state index contributed by atoms with van der Waals surface area (Å²) in [5.41, 5.74) is 8.26. The number of hydrogen-bond acceptors (Lipinski definition) is 3. The molecule has 0 aliphatic rings. The number of aryl methyl sites for hydroxylation is 1. The van der Waals surface area contributed by atoms with Crippen LogP contribution in [-0.4, -0.2) is 14.1 Å². The summed E-state index contributed by atoms with van der Waals surface area (Å²) in [6.45, 7) is 6.71. The van der Waals surface area contributed by atoms with Crippen molar-refractivity contribution >= 4 is 54.8 Å². The van der Waals surface area contributed by atoms with Crippen LogP contribution in [0.2, 0.25) is 0 Å². The Kier molecular flexibility index (Phi) is 5.87. The van der Waals surface area contributed by atoms with Crippen molar-refractivity contribution in [2.75, 3.05) is 0 Å². The Morgan fingerprint density at radius 1 is 0.660 bits per heavy atom. The first-order valence-electron chi connectivity index (χ1n) is 15.9. The van der Waals surface area contributed by atoms with E-state index in [0.717, 1.165) is 72.3 Å². The number of furan rings is 1. The average molecular weight is 614 g/mol. The molecular formula is C41H33N4O2+. The molecule has 228 valence electrons. The van der Waals surface area contributed by atoms with Crippen LogP contribution < -0.4 is 9.30 Å². The number of ether oxygens (including phenoxy) is 1. The van der Waals surface area contributed by atoms with E-state index in [1.807, 2.05) is 30.5 Å². The number of hydrogen-bond donors (Lipinski definition) is 0. The van der Waals surface area contributed by atoms with Crippen LogP contribution in [0.1, 0.15) is 26.3 Å². The first-order valence-corrected chi connectivity index (χ1v) is 15.9. The van der Waals surface area contributed by atoms with E-state index in [-0.39, 0.29) is 5.41 Å². The van der Waals surface area contributed by atoms with Crippen molar-refractivity contribution in [3.63, 3.8) is 0 Å². The summed E-state index contributed by atoms with van der Waals surface area (Å²) in [4.78, 5) is 4.95. The maximum atomic E-state index is 6.73. The zero-order chi connectivity index (χ0) is 31.9. The van der Waals surface area contributed by atoms with Gasteiger partial charge < -0.3 is 9.15 Å². The van der Waals surface area contributed by atoms with Crippen molar-refractivity contribution in [2.24, 2.45) is 7.05 Å². The van der Waals surface area contributed by atoms with E-state index in [4.69, 9.17) is 14.1 Å². The van der Waals surface area contributed by atoms with E-state index in [1.165, 1.54) is 11.1 Å². The van der Waals surface area contributed by atoms with E-state index in [2.05, 4.69) is 139 Å². The average Bonchev–Trinajstić information content (AvgIpc) is 3.73. The number of aromatic nitrogens is 4. The maximum Gasteiger partial charge on any atom is 0.249 e. The second-order valence-corrected chi connectivity index (χ2v) is 13.3. The Labute approximate surface area is 271 Å². The lowest BCUT2D eigenvalue weighted by Crippen LogP contribution is -2.25. The number of fused-ring (bicyclic) bond motifs is 7. The van der Waals surface area contributed by atoms with Gasteiger partial charge in [0, 0.05) is 45.9 Å². The highest BCUT2D eigenvalue weighted by molar-refractivity contribution is 6.10. The summed E-state index contributed by atoms with van der Waals surface area (Å²) in [7, 11) is 2.08. The molecule has 6 heteroatoms. The minimum Gasteiger partial charge on any atom is -0.457 e. The second-order valence-electron chi connectivity index (χ2n) is 13.3. The molecule has 9 aromatic rings. The monoisotopic (exact) mass is 613 g/mol. The largest absolute Gasteiger partial charge is 0.457 e. The van der Waals surface area contributed by atoms with Crippen molar-refractivity contribution in [1.29, 1.82) is 0 Å². The molecule has 47 heavy (non-hydrogen) atoms. The zero-order valence-electron chi connectivity index (χ0n) is 26.7. The van der Waals surface area contributed by atoms with Crippen LogP contribution in [0.3, 0.4) is 0 Å². The summed E-state index contributed by atoms with van der Waals surface area (Å²) in [6, 6.07) is 39.9. The molecule has 0 fully saturated rings. The number of para-hydroxylation sites is 4. The van der Waals surface area contributed by atoms with Gasteiger partial charge in [-0.2, -0.15) is 4.57 Å². The Bertz CT molecular complexity index is 2670. The molecule has 0 aliphatic heterocycles. The maximum absolute atomic E-state index is 6.73. The minimum atomic E-state index is -0.0728. The predicted octanol–water partition coefficient (Wildman–Crippen LogP) is 9.94. The number of nitrogens with zero attached hydrogens (tertiary/aromatic N) is 4. The van der Waals surface area contributed by atoms with E-state index < -0.39 is 0 Å². The number of pyridine rings is 1. The lowest BCUT2D eigenvalue weighted by atomic mass is 9.86. The zero-order valence-corrected chi connectivity index (χ0v) is 26.7. The van der Waals surface area contributed by atoms with Gasteiger partial charge in [-0.3, -0.25) is 4.57 Å². The van der Waals surface area contributed by atoms with Crippen molar-refractivity contribution < 1.29 is 13.7 Å². The molecule has 0 N–H and O–H groups in total. The molecule has 0 amide bonds. The fourth-order valence-electron chi connectivity index (χ4n) is 6.81. The van der Waals surface area contributed by atoms with Crippen LogP contribution in [0.4, 0.5) is 0 Å². The molecule has 4 heterocycles. The third kappa shape index (κ3) is 4.40. The fourth-order valence-corrected chi connectivity index (χ4v) is 6.81. The summed E-state index contributed by atoms with van der Waals surface area (Å²) in [5, 5.41) is 4.37. The van der Waals surface area contributed by atoms with Gasteiger partial charge in [-0.05, 0) is 59.5 Å². The fraction of sp³-hybridized carbons (Fsp3) is 0.122. The quantitative estimate of drug-likeness (QED) is 0.186. The number of rotatable bonds is 4. The van der Waals surface area contributed by atoms with E-state index in [1.54, 1.807) is 0 Å². The molecule has 0 radical (unpaired) electrons. The molecule has 0 atom stereocenters. The Morgan fingerprint density at radius 3 is 2.26 bits per heavy atom. The molecule has 0 unspecified atom stereocenters. The number of imidazole rings is 1. The van der Waals surface area contributed by atoms with Crippen LogP contribution in [0.15, 0.2) is 132 Å². The second kappa shape index (κ2) is 10.1. The molecular weight excluding hydrogens is 580 g/mol. The molecule has 0 spiro atoms. The summed E-state index contributed by atoms with van der Waals surface area (Å²) < 4.78 is 19.6. The van der Waals surface area contributed by atoms with Crippen LogP contribution in [0.25, 0.3) is 66.3 Å². The Balaban J connectivity index is 1.19. The van der Waals surface area contributed by atoms with Gasteiger partial charge in [-0.15, -0.1) is 0 Å². The highest BCUT2D eigenvalue weighted by Crippen LogP contribution is 2.38. The van der Waals surface area contributed by atoms with Crippen LogP contribution in [0, 0.1) is 0 Å². The lowest BCUT2D eigenvalue weighted by molar-refractivity contribution is -0.645. The normalized spacial score (nSPS) is 12.3. The molecule has 9 rings (SSSR count). The lowest BCUT2D eigenvalue weighted by Gasteiger charge is -2.20. The molecule has 0 aliphatic carbocycles. The standard InChI is InChI=1S/C41H33N4O2/c1-41(2,3)26-19-27(44-25-43(4)35-14-8-9-15-36(35)44)21-29(20-26)46-28-17-18-31-30-11-5-7-13-34(30)45(37(31)22-28)40-23-39-33(24-42-40)32-12-6-10-16-38(32)47-39/h5-25H,1-4H3/q+1. The number of benzene rings is 5. The molecule has 5 aromatic carbocycles. The molecule has 4 aromatic heterocycles. The summed E-state index contributed by atoms with van der Waals surface area (Å²) in [6.07, 6.45) is 4.05. The van der Waals surface area contributed by atoms with Crippen LogP contribution >= 0.6 is 0 Å². The van der Waals surface area contributed by atoms with Gasteiger partial charge in [0.25, 0.3) is 0 Å². The SMILES string of the molecule is C[n+]1cn(-c2cc(Oc3ccc4c5ccccc5n(-c5cc6oc7ccccc7c6cn5)c4c3)cc(C(C)(C)C)c2)c2ccccc21. The summed E-state index contributed by atoms with van der Waals surface area (Å²) in [5.74, 6) is 2.34. The van der Waals surface area contributed by atoms with E-state index in [9.17, 15) is 0 Å². The van der Waals surface area contributed by atoms with E-state index >= 15 is 0 Å². The van der Waals surface area contributed by atoms with Gasteiger partial charge in [0.2, 0.25) is 6.33 Å². The van der Waals surface area contributed by atoms with Crippen molar-refractivity contribution in [3.8, 4) is 23.0 Å². The molecule has 0 bridgehead atoms. The predicted molar refractivity (Wildman–Crippen MR) is 189 cm³/mol. The molecule has 6 nitrogen and oxygen atoms in total. The summed E-state index contributed by atoms with van der Waals surface area (Å²) >= 11 is 0. The van der Waals surface area contributed by atoms with Gasteiger partial charge in [-0.1, -0.05) is 69.3 Å². The third-order valence-corrected chi connectivity index (χ3v) is 9.20. The highest BCUT2D eigenvalue weighted by Gasteiger charge is 2.22. The Hall–Kier alpha value is -5.88.